The van der Waals surface area contributed by atoms with Crippen molar-refractivity contribution >= 4 is 62.1 Å². The predicted octanol–water partition coefficient (Wildman–Crippen LogP) is 19.5. The van der Waals surface area contributed by atoms with E-state index in [1.165, 1.54) is 50.3 Å². The maximum atomic E-state index is 13.5. The van der Waals surface area contributed by atoms with Gasteiger partial charge in [-0.2, -0.15) is 0 Å². The van der Waals surface area contributed by atoms with E-state index in [1.807, 2.05) is 127 Å². The second-order valence-electron chi connectivity index (χ2n) is 21.3. The molecular formula is C74H69N3O2. The van der Waals surface area contributed by atoms with Crippen LogP contribution in [0, 0.1) is 16.2 Å². The van der Waals surface area contributed by atoms with Crippen LogP contribution in [-0.4, -0.2) is 22.3 Å². The molecule has 5 heteroatoms. The highest BCUT2D eigenvalue weighted by molar-refractivity contribution is 6.24. The van der Waals surface area contributed by atoms with E-state index in [2.05, 4.69) is 180 Å². The molecule has 0 amide bonds. The van der Waals surface area contributed by atoms with Gasteiger partial charge < -0.3 is 15.3 Å². The Morgan fingerprint density at radius 1 is 0.418 bits per heavy atom. The molecule has 12 rings (SSSR count). The van der Waals surface area contributed by atoms with Crippen LogP contribution in [0.25, 0.3) is 55.2 Å². The molecular weight excluding hydrogens is 963 g/mol. The molecule has 0 fully saturated rings. The molecule has 0 unspecified atom stereocenters. The number of nitrogens with zero attached hydrogens (tertiary/aromatic N) is 1. The van der Waals surface area contributed by atoms with Gasteiger partial charge in [0.15, 0.2) is 11.6 Å². The van der Waals surface area contributed by atoms with Crippen molar-refractivity contribution in [1.82, 2.24) is 4.57 Å². The summed E-state index contributed by atoms with van der Waals surface area (Å²) in [6.45, 7) is 12.8. The molecule has 0 saturated heterocycles. The molecule has 1 aromatic heterocycles. The third-order valence-electron chi connectivity index (χ3n) is 15.5. The minimum absolute atomic E-state index is 0.107. The maximum absolute atomic E-state index is 13.5. The minimum Gasteiger partial charge on any atom is -0.356 e. The zero-order valence-corrected chi connectivity index (χ0v) is 46.4. The SMILES string of the molecule is CCC(C)(C)C1=C/C(=C2/C=C(C(C)(C)CC)C(=O)c3ccccc32)c2ccccc2C1=O.Cn1c2ccccc2c2cc(C=N)ccc21.c1ccc(-c2cccc(-c3ccccc3)c2)cc1.c1ccc(Nc2ccccc2)cc1. The number of Topliss-reactive ketones (excluding diaryl/α,β-unsaturated/α-hetero) is 2. The third-order valence-corrected chi connectivity index (χ3v) is 15.5. The minimum atomic E-state index is -0.240. The summed E-state index contributed by atoms with van der Waals surface area (Å²) in [5.41, 5.74) is 17.3. The van der Waals surface area contributed by atoms with E-state index in [0.29, 0.717) is 0 Å². The number of carbonyl (C=O) groups excluding carboxylic acids is 2. The molecule has 1 heterocycles. The number of ketones is 2. The number of benzene rings is 9. The molecule has 0 spiro atoms. The number of fused-ring (bicyclic) bond motifs is 5. The van der Waals surface area contributed by atoms with Gasteiger partial charge in [0.1, 0.15) is 0 Å². The summed E-state index contributed by atoms with van der Waals surface area (Å²) in [7, 11) is 2.08. The first-order valence-corrected chi connectivity index (χ1v) is 27.3. The summed E-state index contributed by atoms with van der Waals surface area (Å²) in [5.74, 6) is 0.213. The number of hydrogen-bond donors (Lipinski definition) is 2. The van der Waals surface area contributed by atoms with Crippen LogP contribution < -0.4 is 5.32 Å². The fourth-order valence-electron chi connectivity index (χ4n) is 10.2. The lowest BCUT2D eigenvalue weighted by Gasteiger charge is -2.33. The van der Waals surface area contributed by atoms with Crippen LogP contribution in [0.1, 0.15) is 91.8 Å². The Balaban J connectivity index is 0.000000137. The van der Waals surface area contributed by atoms with Crippen molar-refractivity contribution < 1.29 is 9.59 Å². The van der Waals surface area contributed by atoms with Crippen molar-refractivity contribution in [2.75, 3.05) is 5.32 Å². The molecule has 5 nitrogen and oxygen atoms in total. The van der Waals surface area contributed by atoms with Crippen LogP contribution in [-0.2, 0) is 7.05 Å². The number of nitrogens with one attached hydrogen (secondary N) is 2. The number of carbonyl (C=O) groups is 2. The Morgan fingerprint density at radius 2 is 0.797 bits per heavy atom. The van der Waals surface area contributed by atoms with E-state index >= 15 is 0 Å². The van der Waals surface area contributed by atoms with E-state index in [0.717, 1.165) is 74.3 Å². The maximum Gasteiger partial charge on any atom is 0.190 e. The van der Waals surface area contributed by atoms with Crippen molar-refractivity contribution in [3.8, 4) is 22.3 Å². The van der Waals surface area contributed by atoms with Crippen LogP contribution in [0.15, 0.2) is 260 Å². The number of hydrogen-bond acceptors (Lipinski definition) is 4. The topological polar surface area (TPSA) is 75.0 Å². The summed E-state index contributed by atoms with van der Waals surface area (Å²) in [5, 5.41) is 13.1. The van der Waals surface area contributed by atoms with Gasteiger partial charge >= 0.3 is 0 Å². The lowest BCUT2D eigenvalue weighted by molar-refractivity contribution is 0.0995. The van der Waals surface area contributed by atoms with Crippen molar-refractivity contribution in [2.24, 2.45) is 17.9 Å². The number of aryl methyl sites for hydroxylation is 1. The number of rotatable bonds is 9. The largest absolute Gasteiger partial charge is 0.356 e. The molecule has 9 aromatic carbocycles. The number of anilines is 2. The van der Waals surface area contributed by atoms with Crippen LogP contribution in [0.5, 0.6) is 0 Å². The number of aromatic nitrogens is 1. The van der Waals surface area contributed by atoms with Gasteiger partial charge in [-0.3, -0.25) is 9.59 Å². The van der Waals surface area contributed by atoms with Gasteiger partial charge in [0.05, 0.1) is 0 Å². The summed E-state index contributed by atoms with van der Waals surface area (Å²) < 4.78 is 2.19. The van der Waals surface area contributed by atoms with Crippen LogP contribution in [0.2, 0.25) is 0 Å². The fraction of sp³-hybridized carbons (Fsp3) is 0.149. The normalized spacial score (nSPS) is 13.7. The highest BCUT2D eigenvalue weighted by atomic mass is 16.1. The van der Waals surface area contributed by atoms with Crippen LogP contribution >= 0.6 is 0 Å². The Labute approximate surface area is 466 Å². The van der Waals surface area contributed by atoms with E-state index in [4.69, 9.17) is 5.41 Å². The van der Waals surface area contributed by atoms with E-state index in [1.54, 1.807) is 0 Å². The Morgan fingerprint density at radius 3 is 1.24 bits per heavy atom. The van der Waals surface area contributed by atoms with Gasteiger partial charge in [0.25, 0.3) is 0 Å². The van der Waals surface area contributed by atoms with Gasteiger partial charge in [-0.25, -0.2) is 0 Å². The highest BCUT2D eigenvalue weighted by Gasteiger charge is 2.37. The van der Waals surface area contributed by atoms with Gasteiger partial charge in [0, 0.05) is 68.7 Å². The molecule has 10 aromatic rings. The molecule has 2 aliphatic rings. The van der Waals surface area contributed by atoms with Gasteiger partial charge in [-0.15, -0.1) is 0 Å². The Bertz CT molecular complexity index is 3690. The molecule has 0 radical (unpaired) electrons. The van der Waals surface area contributed by atoms with Crippen LogP contribution in [0.4, 0.5) is 11.4 Å². The monoisotopic (exact) mass is 1030 g/mol. The molecule has 0 atom stereocenters. The highest BCUT2D eigenvalue weighted by Crippen LogP contribution is 2.46. The fourth-order valence-corrected chi connectivity index (χ4v) is 10.2. The van der Waals surface area contributed by atoms with Crippen molar-refractivity contribution in [3.05, 3.63) is 288 Å². The quantitative estimate of drug-likeness (QED) is 0.141. The van der Waals surface area contributed by atoms with Crippen molar-refractivity contribution in [1.29, 1.82) is 5.41 Å². The van der Waals surface area contributed by atoms with E-state index in [9.17, 15) is 9.59 Å². The average Bonchev–Trinajstić information content (AvgIpc) is 4.00. The van der Waals surface area contributed by atoms with Gasteiger partial charge in [-0.1, -0.05) is 230 Å². The summed E-state index contributed by atoms with van der Waals surface area (Å²) in [6, 6.07) is 80.2. The molecule has 0 saturated carbocycles. The Hall–Kier alpha value is -9.19. The summed E-state index contributed by atoms with van der Waals surface area (Å²) >= 11 is 0. The second-order valence-corrected chi connectivity index (χ2v) is 21.3. The standard InChI is InChI=1S/C30H32O2.C18H14.C14H12N2.C12H11N/c1-7-29(3,4)25-17-23(19-13-9-11-15-21(19)27(25)31)24-18-26(30(5,6)8-2)28(32)22-16-12-10-14-20(22)24;1-3-8-15(9-4-1)17-12-7-13-18(14-17)16-10-5-2-6-11-16;1-16-13-5-3-2-4-11(13)12-8-10(9-15)6-7-14(12)16;1-3-7-11(8-4-1)13-12-9-5-2-6-10-12/h9-18H,7-8H2,1-6H3;1-14H;2-9,15H,1H3;1-10,13H/b24-23+;;;. The molecule has 79 heavy (non-hydrogen) atoms. The third kappa shape index (κ3) is 12.2. The molecule has 2 N–H and O–H groups in total. The summed E-state index contributed by atoms with van der Waals surface area (Å²) in [4.78, 5) is 26.9. The van der Waals surface area contributed by atoms with Crippen molar-refractivity contribution in [3.63, 3.8) is 0 Å². The smallest absolute Gasteiger partial charge is 0.190 e. The predicted molar refractivity (Wildman–Crippen MR) is 334 cm³/mol. The van der Waals surface area contributed by atoms with Crippen molar-refractivity contribution in [2.45, 2.75) is 54.4 Å². The lowest BCUT2D eigenvalue weighted by Crippen LogP contribution is -2.26. The second kappa shape index (κ2) is 24.4. The molecule has 392 valence electrons. The van der Waals surface area contributed by atoms with E-state index in [-0.39, 0.29) is 22.4 Å². The Kier molecular flexibility index (Phi) is 16.9. The zero-order chi connectivity index (χ0) is 55.5. The van der Waals surface area contributed by atoms with E-state index < -0.39 is 0 Å². The average molecular weight is 1030 g/mol. The first-order valence-electron chi connectivity index (χ1n) is 27.3. The zero-order valence-electron chi connectivity index (χ0n) is 46.4. The molecule has 0 aliphatic heterocycles. The number of para-hydroxylation sites is 3. The molecule has 0 bridgehead atoms. The van der Waals surface area contributed by atoms with Gasteiger partial charge in [-0.05, 0) is 134 Å². The summed E-state index contributed by atoms with van der Waals surface area (Å²) in [6.07, 6.45) is 7.30. The first kappa shape index (κ1) is 54.6. The first-order chi connectivity index (χ1) is 38.3. The molecule has 2 aliphatic carbocycles. The van der Waals surface area contributed by atoms with Gasteiger partial charge in [0.2, 0.25) is 0 Å². The lowest BCUT2D eigenvalue weighted by atomic mass is 9.69. The van der Waals surface area contributed by atoms with Crippen LogP contribution in [0.3, 0.4) is 0 Å². The number of allylic oxidation sites excluding steroid dienone is 6.